The molecule has 0 saturated heterocycles. The Hall–Kier alpha value is -6.06. The van der Waals surface area contributed by atoms with Crippen molar-refractivity contribution in [2.45, 2.75) is 13.8 Å². The molecule has 3 nitrogen and oxygen atoms in total. The molecule has 1 aromatic heterocycles. The summed E-state index contributed by atoms with van der Waals surface area (Å²) in [5, 5.41) is 3.76. The summed E-state index contributed by atoms with van der Waals surface area (Å²) >= 11 is 0. The topological polar surface area (TPSA) is 11.4 Å². The quantitative estimate of drug-likeness (QED) is 0.179. The molecule has 8 aromatic rings. The number of benzene rings is 7. The van der Waals surface area contributed by atoms with Crippen LogP contribution in [-0.4, -0.2) is 4.57 Å². The SMILES string of the molecule is Cc1c(C)n(-c2ccc3ccccc3c2)c2ccc(N(c3ccccc3)c3ccc(N(c4ccccc4)c4ccccc4)cc3)cc12. The number of nitrogens with zero attached hydrogens (tertiary/aromatic N) is 3. The molecule has 226 valence electrons. The molecule has 0 bridgehead atoms. The van der Waals surface area contributed by atoms with Crippen LogP contribution in [0.2, 0.25) is 0 Å². The van der Waals surface area contributed by atoms with Gasteiger partial charge in [0.05, 0.1) is 5.52 Å². The number of para-hydroxylation sites is 3. The molecule has 47 heavy (non-hydrogen) atoms. The van der Waals surface area contributed by atoms with Crippen molar-refractivity contribution >= 4 is 55.8 Å². The van der Waals surface area contributed by atoms with Crippen molar-refractivity contribution in [1.29, 1.82) is 0 Å². The Bertz CT molecular complexity index is 2270. The minimum absolute atomic E-state index is 1.10. The second-order valence-electron chi connectivity index (χ2n) is 12.0. The summed E-state index contributed by atoms with van der Waals surface area (Å²) in [4.78, 5) is 4.64. The van der Waals surface area contributed by atoms with Gasteiger partial charge < -0.3 is 14.4 Å². The highest BCUT2D eigenvalue weighted by Crippen LogP contribution is 2.41. The highest BCUT2D eigenvalue weighted by atomic mass is 15.2. The number of fused-ring (bicyclic) bond motifs is 2. The van der Waals surface area contributed by atoms with Crippen molar-refractivity contribution in [2.24, 2.45) is 0 Å². The van der Waals surface area contributed by atoms with E-state index in [-0.39, 0.29) is 0 Å². The smallest absolute Gasteiger partial charge is 0.0535 e. The molecule has 0 atom stereocenters. The molecule has 0 fully saturated rings. The zero-order valence-corrected chi connectivity index (χ0v) is 26.6. The third-order valence-electron chi connectivity index (χ3n) is 9.16. The number of anilines is 6. The lowest BCUT2D eigenvalue weighted by Crippen LogP contribution is -2.12. The Morgan fingerprint density at radius 2 is 0.830 bits per heavy atom. The van der Waals surface area contributed by atoms with Crippen molar-refractivity contribution in [3.63, 3.8) is 0 Å². The molecule has 7 aromatic carbocycles. The maximum absolute atomic E-state index is 2.39. The van der Waals surface area contributed by atoms with E-state index >= 15 is 0 Å². The lowest BCUT2D eigenvalue weighted by atomic mass is 10.1. The molecule has 0 unspecified atom stereocenters. The van der Waals surface area contributed by atoms with Gasteiger partial charge in [-0.15, -0.1) is 0 Å². The van der Waals surface area contributed by atoms with Crippen LogP contribution < -0.4 is 9.80 Å². The van der Waals surface area contributed by atoms with E-state index in [4.69, 9.17) is 0 Å². The molecular weight excluding hydrogens is 571 g/mol. The summed E-state index contributed by atoms with van der Waals surface area (Å²) in [6.07, 6.45) is 0. The highest BCUT2D eigenvalue weighted by molar-refractivity contribution is 5.93. The van der Waals surface area contributed by atoms with E-state index < -0.39 is 0 Å². The fraction of sp³-hybridized carbons (Fsp3) is 0.0455. The second kappa shape index (κ2) is 12.0. The molecule has 0 radical (unpaired) electrons. The highest BCUT2D eigenvalue weighted by Gasteiger charge is 2.19. The molecule has 0 aliphatic heterocycles. The Labute approximate surface area is 276 Å². The summed E-state index contributed by atoms with van der Waals surface area (Å²) in [5.41, 5.74) is 11.6. The van der Waals surface area contributed by atoms with Crippen molar-refractivity contribution in [1.82, 2.24) is 4.57 Å². The normalized spacial score (nSPS) is 11.2. The monoisotopic (exact) mass is 605 g/mol. The Balaban J connectivity index is 1.23. The van der Waals surface area contributed by atoms with Gasteiger partial charge in [-0.3, -0.25) is 0 Å². The van der Waals surface area contributed by atoms with Gasteiger partial charge in [0.1, 0.15) is 0 Å². The average Bonchev–Trinajstić information content (AvgIpc) is 3.38. The molecule has 0 aliphatic carbocycles. The van der Waals surface area contributed by atoms with Gasteiger partial charge in [0.25, 0.3) is 0 Å². The van der Waals surface area contributed by atoms with Gasteiger partial charge in [-0.05, 0) is 121 Å². The predicted octanol–water partition coefficient (Wildman–Crippen LogP) is 12.3. The third-order valence-corrected chi connectivity index (χ3v) is 9.16. The first kappa shape index (κ1) is 28.4. The Morgan fingerprint density at radius 3 is 1.38 bits per heavy atom. The molecular formula is C44H35N3. The van der Waals surface area contributed by atoms with Crippen LogP contribution in [0.1, 0.15) is 11.3 Å². The Kier molecular flexibility index (Phi) is 7.28. The van der Waals surface area contributed by atoms with E-state index in [0.29, 0.717) is 0 Å². The maximum Gasteiger partial charge on any atom is 0.0535 e. The molecule has 0 amide bonds. The first-order valence-corrected chi connectivity index (χ1v) is 16.1. The number of aromatic nitrogens is 1. The van der Waals surface area contributed by atoms with E-state index in [9.17, 15) is 0 Å². The third kappa shape index (κ3) is 5.22. The zero-order chi connectivity index (χ0) is 31.7. The fourth-order valence-electron chi connectivity index (χ4n) is 6.73. The van der Waals surface area contributed by atoms with Gasteiger partial charge in [-0.2, -0.15) is 0 Å². The van der Waals surface area contributed by atoms with E-state index in [0.717, 1.165) is 34.1 Å². The number of hydrogen-bond acceptors (Lipinski definition) is 2. The summed E-state index contributed by atoms with van der Waals surface area (Å²) in [6, 6.07) is 62.8. The van der Waals surface area contributed by atoms with Crippen LogP contribution in [0.25, 0.3) is 27.4 Å². The van der Waals surface area contributed by atoms with Gasteiger partial charge >= 0.3 is 0 Å². The molecule has 3 heteroatoms. The summed E-state index contributed by atoms with van der Waals surface area (Å²) < 4.78 is 2.39. The summed E-state index contributed by atoms with van der Waals surface area (Å²) in [5.74, 6) is 0. The minimum Gasteiger partial charge on any atom is -0.314 e. The van der Waals surface area contributed by atoms with Crippen molar-refractivity contribution in [3.05, 3.63) is 187 Å². The lowest BCUT2D eigenvalue weighted by Gasteiger charge is -2.28. The average molecular weight is 606 g/mol. The Morgan fingerprint density at radius 1 is 0.383 bits per heavy atom. The molecule has 0 N–H and O–H groups in total. The van der Waals surface area contributed by atoms with Gasteiger partial charge in [0, 0.05) is 50.9 Å². The number of rotatable bonds is 7. The minimum atomic E-state index is 1.10. The van der Waals surface area contributed by atoms with E-state index in [2.05, 4.69) is 204 Å². The lowest BCUT2D eigenvalue weighted by molar-refractivity contribution is 1.04. The van der Waals surface area contributed by atoms with Crippen molar-refractivity contribution in [2.75, 3.05) is 9.80 Å². The molecule has 0 aliphatic rings. The fourth-order valence-corrected chi connectivity index (χ4v) is 6.73. The molecule has 0 spiro atoms. The van der Waals surface area contributed by atoms with Gasteiger partial charge in [0.2, 0.25) is 0 Å². The molecule has 1 heterocycles. The van der Waals surface area contributed by atoms with Crippen molar-refractivity contribution in [3.8, 4) is 5.69 Å². The first-order valence-electron chi connectivity index (χ1n) is 16.1. The van der Waals surface area contributed by atoms with E-state index in [1.54, 1.807) is 0 Å². The first-order chi connectivity index (χ1) is 23.2. The van der Waals surface area contributed by atoms with E-state index in [1.165, 1.54) is 38.6 Å². The van der Waals surface area contributed by atoms with Crippen LogP contribution in [-0.2, 0) is 0 Å². The van der Waals surface area contributed by atoms with Crippen LogP contribution in [0.5, 0.6) is 0 Å². The van der Waals surface area contributed by atoms with Crippen LogP contribution >= 0.6 is 0 Å². The van der Waals surface area contributed by atoms with Crippen molar-refractivity contribution < 1.29 is 0 Å². The van der Waals surface area contributed by atoms with Crippen LogP contribution in [0, 0.1) is 13.8 Å². The van der Waals surface area contributed by atoms with Crippen LogP contribution in [0.4, 0.5) is 34.1 Å². The molecule has 8 rings (SSSR count). The summed E-state index contributed by atoms with van der Waals surface area (Å²) in [7, 11) is 0. The van der Waals surface area contributed by atoms with E-state index in [1.807, 2.05) is 0 Å². The second-order valence-corrected chi connectivity index (χ2v) is 12.0. The number of hydrogen-bond donors (Lipinski definition) is 0. The molecule has 0 saturated carbocycles. The van der Waals surface area contributed by atoms with Crippen LogP contribution in [0.3, 0.4) is 0 Å². The summed E-state index contributed by atoms with van der Waals surface area (Å²) in [6.45, 7) is 4.46. The number of aryl methyl sites for hydroxylation is 1. The maximum atomic E-state index is 2.39. The predicted molar refractivity (Wildman–Crippen MR) is 200 cm³/mol. The van der Waals surface area contributed by atoms with Crippen LogP contribution in [0.15, 0.2) is 176 Å². The van der Waals surface area contributed by atoms with Gasteiger partial charge in [-0.25, -0.2) is 0 Å². The van der Waals surface area contributed by atoms with Gasteiger partial charge in [-0.1, -0.05) is 84.9 Å². The standard InChI is InChI=1S/C44H35N3/c1-32-33(2)45(41-23-22-34-14-12-13-15-35(34)30-41)44-29-28-42(31-43(32)44)47(38-20-10-5-11-21-38)40-26-24-39(25-27-40)46(36-16-6-3-7-17-36)37-18-8-4-9-19-37/h3-31H,1-2H3. The largest absolute Gasteiger partial charge is 0.314 e. The van der Waals surface area contributed by atoms with Gasteiger partial charge in [0.15, 0.2) is 0 Å². The zero-order valence-electron chi connectivity index (χ0n) is 26.6.